The second-order valence-corrected chi connectivity index (χ2v) is 7.87. The third-order valence-electron chi connectivity index (χ3n) is 5.75. The van der Waals surface area contributed by atoms with E-state index >= 15 is 0 Å². The number of aromatic hydroxyl groups is 1. The number of carbonyl (C=O) groups excluding carboxylic acids is 3. The maximum Gasteiger partial charge on any atom is 0.308 e. The molecule has 2 aromatic rings. The molecule has 0 bridgehead atoms. The van der Waals surface area contributed by atoms with Crippen molar-refractivity contribution in [2.24, 2.45) is 0 Å². The number of hydrogen-bond acceptors (Lipinski definition) is 7. The smallest absolute Gasteiger partial charge is 0.308 e. The molecule has 0 aromatic heterocycles. The molecular weight excluding hydrogens is 436 g/mol. The van der Waals surface area contributed by atoms with Crippen molar-refractivity contribution in [2.45, 2.75) is 41.0 Å². The molecule has 180 valence electrons. The lowest BCUT2D eigenvalue weighted by atomic mass is 9.93. The Kier molecular flexibility index (Phi) is 8.78. The summed E-state index contributed by atoms with van der Waals surface area (Å²) in [6.07, 6.45) is -0.274. The minimum absolute atomic E-state index is 0.00645. The van der Waals surface area contributed by atoms with Crippen LogP contribution in [0.1, 0.15) is 52.2 Å². The number of benzene rings is 2. The van der Waals surface area contributed by atoms with E-state index in [1.165, 1.54) is 27.2 Å². The first-order valence-electron chi connectivity index (χ1n) is 10.7. The maximum atomic E-state index is 12.9. The number of Topliss-reactive ketones (excluding diaryl/α,β-unsaturated/α-hetero) is 2. The Bertz CT molecular complexity index is 1190. The summed E-state index contributed by atoms with van der Waals surface area (Å²) in [7, 11) is 2.91. The van der Waals surface area contributed by atoms with Gasteiger partial charge in [0.05, 0.1) is 20.6 Å². The van der Waals surface area contributed by atoms with Gasteiger partial charge in [0.2, 0.25) is 0 Å². The Hall–Kier alpha value is -3.87. The molecule has 0 fully saturated rings. The van der Waals surface area contributed by atoms with Gasteiger partial charge in [0, 0.05) is 6.92 Å². The molecule has 0 aliphatic heterocycles. The van der Waals surface area contributed by atoms with Crippen molar-refractivity contribution in [3.05, 3.63) is 58.7 Å². The quantitative estimate of drug-likeness (QED) is 0.236. The molecule has 0 radical (unpaired) electrons. The lowest BCUT2D eigenvalue weighted by Crippen LogP contribution is -2.11. The van der Waals surface area contributed by atoms with Gasteiger partial charge in [-0.05, 0) is 85.4 Å². The summed E-state index contributed by atoms with van der Waals surface area (Å²) in [6.45, 7) is 8.22. The molecule has 0 amide bonds. The third-order valence-corrected chi connectivity index (χ3v) is 5.75. The fourth-order valence-electron chi connectivity index (χ4n) is 3.31. The van der Waals surface area contributed by atoms with Gasteiger partial charge in [-0.15, -0.1) is 0 Å². The molecule has 2 aromatic carbocycles. The SMILES string of the molecule is COc1cc(C(C)=C(C)C(=O)CC(=O)C(C)=C(C)c2ccc(OC(C)=O)c(OC)c2)ccc1O. The van der Waals surface area contributed by atoms with E-state index in [0.29, 0.717) is 39.4 Å². The molecule has 34 heavy (non-hydrogen) atoms. The number of hydrogen-bond donors (Lipinski definition) is 1. The zero-order valence-corrected chi connectivity index (χ0v) is 20.6. The van der Waals surface area contributed by atoms with Crippen LogP contribution in [0.5, 0.6) is 23.0 Å². The summed E-state index contributed by atoms with van der Waals surface area (Å²) < 4.78 is 15.5. The Morgan fingerprint density at radius 3 is 1.65 bits per heavy atom. The Labute approximate surface area is 199 Å². The van der Waals surface area contributed by atoms with Crippen molar-refractivity contribution in [1.29, 1.82) is 0 Å². The fraction of sp³-hybridized carbons (Fsp3) is 0.296. The van der Waals surface area contributed by atoms with E-state index in [4.69, 9.17) is 14.2 Å². The van der Waals surface area contributed by atoms with Crippen LogP contribution in [0.2, 0.25) is 0 Å². The largest absolute Gasteiger partial charge is 0.504 e. The first kappa shape index (κ1) is 26.4. The van der Waals surface area contributed by atoms with Crippen molar-refractivity contribution < 1.29 is 33.7 Å². The van der Waals surface area contributed by atoms with E-state index in [-0.39, 0.29) is 29.5 Å². The van der Waals surface area contributed by atoms with E-state index in [1.807, 2.05) is 0 Å². The molecule has 0 saturated carbocycles. The molecule has 0 aliphatic rings. The van der Waals surface area contributed by atoms with Crippen molar-refractivity contribution in [3.63, 3.8) is 0 Å². The van der Waals surface area contributed by atoms with Gasteiger partial charge in [-0.25, -0.2) is 0 Å². The van der Waals surface area contributed by atoms with Crippen molar-refractivity contribution in [1.82, 2.24) is 0 Å². The highest BCUT2D eigenvalue weighted by atomic mass is 16.6. The van der Waals surface area contributed by atoms with Gasteiger partial charge in [0.15, 0.2) is 34.6 Å². The molecule has 0 saturated heterocycles. The molecule has 2 rings (SSSR count). The highest BCUT2D eigenvalue weighted by Gasteiger charge is 2.18. The second kappa shape index (κ2) is 11.3. The first-order chi connectivity index (χ1) is 16.0. The normalized spacial score (nSPS) is 12.3. The topological polar surface area (TPSA) is 99.1 Å². The average molecular weight is 467 g/mol. The molecule has 0 unspecified atom stereocenters. The summed E-state index contributed by atoms with van der Waals surface area (Å²) in [4.78, 5) is 37.0. The van der Waals surface area contributed by atoms with E-state index < -0.39 is 5.97 Å². The number of phenolic OH excluding ortho intramolecular Hbond substituents is 1. The van der Waals surface area contributed by atoms with E-state index in [0.717, 1.165) is 5.56 Å². The zero-order chi connectivity index (χ0) is 25.6. The van der Waals surface area contributed by atoms with Crippen LogP contribution >= 0.6 is 0 Å². The molecule has 7 heteroatoms. The van der Waals surface area contributed by atoms with Crippen LogP contribution in [0.25, 0.3) is 11.1 Å². The molecular formula is C27H30O7. The predicted molar refractivity (Wildman–Crippen MR) is 130 cm³/mol. The number of ether oxygens (including phenoxy) is 3. The number of phenols is 1. The maximum absolute atomic E-state index is 12.9. The van der Waals surface area contributed by atoms with Crippen LogP contribution in [0, 0.1) is 0 Å². The summed E-state index contributed by atoms with van der Waals surface area (Å²) in [5, 5.41) is 9.79. The Morgan fingerprint density at radius 2 is 1.18 bits per heavy atom. The van der Waals surface area contributed by atoms with Crippen LogP contribution in [0.15, 0.2) is 47.5 Å². The average Bonchev–Trinajstić information content (AvgIpc) is 2.82. The van der Waals surface area contributed by atoms with Gasteiger partial charge < -0.3 is 19.3 Å². The highest BCUT2D eigenvalue weighted by Crippen LogP contribution is 2.33. The van der Waals surface area contributed by atoms with Gasteiger partial charge >= 0.3 is 5.97 Å². The van der Waals surface area contributed by atoms with Gasteiger partial charge in [-0.3, -0.25) is 14.4 Å². The number of methoxy groups -OCH3 is 2. The summed E-state index contributed by atoms with van der Waals surface area (Å²) in [6, 6.07) is 9.84. The predicted octanol–water partition coefficient (Wildman–Crippen LogP) is 5.15. The third kappa shape index (κ3) is 6.13. The van der Waals surface area contributed by atoms with E-state index in [9.17, 15) is 19.5 Å². The lowest BCUT2D eigenvalue weighted by molar-refractivity contribution is -0.132. The molecule has 0 heterocycles. The van der Waals surface area contributed by atoms with Crippen LogP contribution in [0.3, 0.4) is 0 Å². The summed E-state index contributed by atoms with van der Waals surface area (Å²) in [5.74, 6) is -0.0855. The summed E-state index contributed by atoms with van der Waals surface area (Å²) in [5.41, 5.74) is 3.72. The van der Waals surface area contributed by atoms with Crippen molar-refractivity contribution in [2.75, 3.05) is 14.2 Å². The second-order valence-electron chi connectivity index (χ2n) is 7.87. The number of ketones is 2. The Balaban J connectivity index is 2.27. The monoisotopic (exact) mass is 466 g/mol. The van der Waals surface area contributed by atoms with Crippen LogP contribution in [-0.2, 0) is 14.4 Å². The number of carbonyl (C=O) groups is 3. The highest BCUT2D eigenvalue weighted by molar-refractivity contribution is 6.16. The van der Waals surface area contributed by atoms with Crippen LogP contribution in [-0.4, -0.2) is 36.9 Å². The lowest BCUT2D eigenvalue weighted by Gasteiger charge is -2.13. The Morgan fingerprint density at radius 1 is 0.706 bits per heavy atom. The van der Waals surface area contributed by atoms with Gasteiger partial charge in [0.25, 0.3) is 0 Å². The standard InChI is InChI=1S/C27H30O7/c1-15(20-8-10-22(29)26(12-20)32-6)17(3)23(30)14-24(31)18(4)16(2)21-9-11-25(34-19(5)28)27(13-21)33-7/h8-13,29H,14H2,1-7H3. The number of allylic oxidation sites excluding steroid dienone is 4. The van der Waals surface area contributed by atoms with Crippen LogP contribution in [0.4, 0.5) is 0 Å². The molecule has 0 spiro atoms. The zero-order valence-electron chi connectivity index (χ0n) is 20.6. The van der Waals surface area contributed by atoms with E-state index in [1.54, 1.807) is 58.0 Å². The molecule has 0 atom stereocenters. The van der Waals surface area contributed by atoms with E-state index in [2.05, 4.69) is 0 Å². The number of esters is 1. The van der Waals surface area contributed by atoms with Crippen molar-refractivity contribution >= 4 is 28.7 Å². The molecule has 0 aliphatic carbocycles. The van der Waals surface area contributed by atoms with Crippen molar-refractivity contribution in [3.8, 4) is 23.0 Å². The minimum atomic E-state index is -0.465. The number of rotatable bonds is 9. The van der Waals surface area contributed by atoms with Gasteiger partial charge in [0.1, 0.15) is 0 Å². The van der Waals surface area contributed by atoms with Crippen LogP contribution < -0.4 is 14.2 Å². The van der Waals surface area contributed by atoms with Gasteiger partial charge in [-0.1, -0.05) is 12.1 Å². The fourth-order valence-corrected chi connectivity index (χ4v) is 3.31. The minimum Gasteiger partial charge on any atom is -0.504 e. The first-order valence-corrected chi connectivity index (χ1v) is 10.7. The summed E-state index contributed by atoms with van der Waals surface area (Å²) >= 11 is 0. The van der Waals surface area contributed by atoms with Gasteiger partial charge in [-0.2, -0.15) is 0 Å². The molecule has 7 nitrogen and oxygen atoms in total. The molecule has 1 N–H and O–H groups in total.